The van der Waals surface area contributed by atoms with E-state index in [0.29, 0.717) is 17.3 Å². The SMILES string of the molecule is CSc1cc(C)nc(SC)c1NC(=O)N(Cc1ccccc1)Cc1oc2ccc(C)cc2c1-c1ccc(Cl)cc1. The van der Waals surface area contributed by atoms with Gasteiger partial charge in [0.2, 0.25) is 0 Å². The Hall–Kier alpha value is -3.39. The maximum atomic E-state index is 14.0. The van der Waals surface area contributed by atoms with Gasteiger partial charge in [-0.3, -0.25) is 0 Å². The van der Waals surface area contributed by atoms with Crippen molar-refractivity contribution in [3.05, 3.63) is 106 Å². The lowest BCUT2D eigenvalue weighted by molar-refractivity contribution is 0.202. The average molecular weight is 588 g/mol. The number of carbonyl (C=O) groups excluding carboxylic acids is 1. The predicted molar refractivity (Wildman–Crippen MR) is 169 cm³/mol. The number of amides is 2. The van der Waals surface area contributed by atoms with Crippen molar-refractivity contribution in [3.63, 3.8) is 0 Å². The van der Waals surface area contributed by atoms with E-state index in [0.717, 1.165) is 54.5 Å². The lowest BCUT2D eigenvalue weighted by atomic mass is 10.0. The summed E-state index contributed by atoms with van der Waals surface area (Å²) >= 11 is 9.32. The van der Waals surface area contributed by atoms with Gasteiger partial charge in [-0.25, -0.2) is 9.78 Å². The fourth-order valence-electron chi connectivity index (χ4n) is 4.71. The van der Waals surface area contributed by atoms with Gasteiger partial charge in [0.1, 0.15) is 16.4 Å². The van der Waals surface area contributed by atoms with E-state index >= 15 is 0 Å². The number of aromatic nitrogens is 1. The van der Waals surface area contributed by atoms with Crippen LogP contribution in [-0.2, 0) is 13.1 Å². The third-order valence-electron chi connectivity index (χ3n) is 6.61. The second kappa shape index (κ2) is 12.4. The Morgan fingerprint density at radius 1 is 0.950 bits per heavy atom. The molecule has 0 atom stereocenters. The number of nitrogens with zero attached hydrogens (tertiary/aromatic N) is 2. The van der Waals surface area contributed by atoms with E-state index in [9.17, 15) is 4.79 Å². The fraction of sp³-hybridized carbons (Fsp3) is 0.188. The number of urea groups is 1. The molecule has 2 amide bonds. The van der Waals surface area contributed by atoms with Crippen molar-refractivity contribution in [1.29, 1.82) is 0 Å². The van der Waals surface area contributed by atoms with E-state index in [4.69, 9.17) is 16.0 Å². The Balaban J connectivity index is 1.58. The van der Waals surface area contributed by atoms with Crippen LogP contribution in [0.2, 0.25) is 5.02 Å². The van der Waals surface area contributed by atoms with Gasteiger partial charge in [0.15, 0.2) is 0 Å². The number of hydrogen-bond donors (Lipinski definition) is 1. The first-order valence-electron chi connectivity index (χ1n) is 12.8. The van der Waals surface area contributed by atoms with Crippen LogP contribution in [0, 0.1) is 13.8 Å². The third-order valence-corrected chi connectivity index (χ3v) is 8.31. The molecule has 0 aliphatic carbocycles. The van der Waals surface area contributed by atoms with Crippen molar-refractivity contribution >= 4 is 57.8 Å². The molecule has 5 aromatic rings. The molecule has 5 rings (SSSR count). The van der Waals surface area contributed by atoms with E-state index in [1.807, 2.05) is 92.2 Å². The van der Waals surface area contributed by atoms with Crippen LogP contribution in [0.1, 0.15) is 22.6 Å². The molecular weight excluding hydrogens is 558 g/mol. The van der Waals surface area contributed by atoms with Gasteiger partial charge in [0.25, 0.3) is 0 Å². The Morgan fingerprint density at radius 3 is 2.40 bits per heavy atom. The summed E-state index contributed by atoms with van der Waals surface area (Å²) in [5, 5.41) is 5.65. The van der Waals surface area contributed by atoms with E-state index in [1.165, 1.54) is 11.8 Å². The van der Waals surface area contributed by atoms with Gasteiger partial charge in [0.05, 0.1) is 12.2 Å². The first-order chi connectivity index (χ1) is 19.4. The number of aryl methyl sites for hydroxylation is 2. The summed E-state index contributed by atoms with van der Waals surface area (Å²) in [7, 11) is 0. The third kappa shape index (κ3) is 6.17. The molecule has 5 nitrogen and oxygen atoms in total. The smallest absolute Gasteiger partial charge is 0.322 e. The largest absolute Gasteiger partial charge is 0.459 e. The van der Waals surface area contributed by atoms with Crippen LogP contribution in [0.25, 0.3) is 22.1 Å². The number of nitrogens with one attached hydrogen (secondary N) is 1. The average Bonchev–Trinajstić information content (AvgIpc) is 3.31. The van der Waals surface area contributed by atoms with Crippen molar-refractivity contribution < 1.29 is 9.21 Å². The minimum Gasteiger partial charge on any atom is -0.459 e. The molecule has 1 N–H and O–H groups in total. The summed E-state index contributed by atoms with van der Waals surface area (Å²) in [5.41, 5.74) is 6.53. The molecule has 0 spiro atoms. The van der Waals surface area contributed by atoms with Crippen molar-refractivity contribution in [2.24, 2.45) is 0 Å². The number of rotatable bonds is 8. The van der Waals surface area contributed by atoms with E-state index < -0.39 is 0 Å². The molecule has 0 unspecified atom stereocenters. The second-order valence-corrected chi connectivity index (χ2v) is 11.6. The van der Waals surface area contributed by atoms with Crippen LogP contribution in [0.5, 0.6) is 0 Å². The highest BCUT2D eigenvalue weighted by molar-refractivity contribution is 7.99. The number of benzene rings is 3. The molecule has 0 aliphatic rings. The number of hydrogen-bond acceptors (Lipinski definition) is 5. The molecule has 0 radical (unpaired) electrons. The van der Waals surface area contributed by atoms with Gasteiger partial charge < -0.3 is 14.6 Å². The van der Waals surface area contributed by atoms with Gasteiger partial charge in [-0.1, -0.05) is 65.7 Å². The van der Waals surface area contributed by atoms with Crippen LogP contribution in [-0.4, -0.2) is 28.4 Å². The number of thioether (sulfide) groups is 2. The Morgan fingerprint density at radius 2 is 1.70 bits per heavy atom. The van der Waals surface area contributed by atoms with Gasteiger partial charge in [-0.2, -0.15) is 0 Å². The van der Waals surface area contributed by atoms with Gasteiger partial charge in [-0.05, 0) is 67.8 Å². The highest BCUT2D eigenvalue weighted by Gasteiger charge is 2.24. The van der Waals surface area contributed by atoms with Crippen LogP contribution in [0.3, 0.4) is 0 Å². The van der Waals surface area contributed by atoms with Crippen LogP contribution >= 0.6 is 35.1 Å². The topological polar surface area (TPSA) is 58.4 Å². The summed E-state index contributed by atoms with van der Waals surface area (Å²) in [4.78, 5) is 21.4. The molecule has 8 heteroatoms. The maximum absolute atomic E-state index is 14.0. The van der Waals surface area contributed by atoms with Crippen molar-refractivity contribution in [1.82, 2.24) is 9.88 Å². The summed E-state index contributed by atoms with van der Waals surface area (Å²) in [6.07, 6.45) is 3.98. The highest BCUT2D eigenvalue weighted by atomic mass is 35.5. The zero-order valence-electron chi connectivity index (χ0n) is 22.8. The second-order valence-electron chi connectivity index (χ2n) is 9.53. The lowest BCUT2D eigenvalue weighted by Gasteiger charge is -2.24. The molecule has 2 aromatic heterocycles. The standard InChI is InChI=1S/C32H30ClN3O2S2/c1-20-10-15-26-25(16-20)29(23-11-13-24(33)14-12-23)27(38-26)19-36(18-22-8-6-5-7-9-22)32(37)35-30-28(39-3)17-21(2)34-31(30)40-4/h5-17H,18-19H2,1-4H3,(H,35,37). The number of anilines is 1. The van der Waals surface area contributed by atoms with E-state index in [2.05, 4.69) is 23.3 Å². The normalized spacial score (nSPS) is 11.1. The molecule has 0 bridgehead atoms. The molecule has 0 fully saturated rings. The summed E-state index contributed by atoms with van der Waals surface area (Å²) < 4.78 is 6.44. The Bertz CT molecular complexity index is 1630. The molecule has 3 aromatic carbocycles. The molecular formula is C32H30ClN3O2S2. The van der Waals surface area contributed by atoms with Crippen LogP contribution in [0.15, 0.2) is 93.2 Å². The molecule has 0 aliphatic heterocycles. The summed E-state index contributed by atoms with van der Waals surface area (Å²) in [5.74, 6) is 0.714. The number of halogens is 1. The Labute approximate surface area is 248 Å². The maximum Gasteiger partial charge on any atom is 0.322 e. The van der Waals surface area contributed by atoms with Gasteiger partial charge >= 0.3 is 6.03 Å². The van der Waals surface area contributed by atoms with Crippen LogP contribution in [0.4, 0.5) is 10.5 Å². The fourth-order valence-corrected chi connectivity index (χ4v) is 6.14. The summed E-state index contributed by atoms with van der Waals surface area (Å²) in [6.45, 7) is 4.71. The highest BCUT2D eigenvalue weighted by Crippen LogP contribution is 2.38. The monoisotopic (exact) mass is 587 g/mol. The van der Waals surface area contributed by atoms with Crippen molar-refractivity contribution in [2.45, 2.75) is 36.9 Å². The molecule has 0 saturated carbocycles. The van der Waals surface area contributed by atoms with Crippen LogP contribution < -0.4 is 5.32 Å². The lowest BCUT2D eigenvalue weighted by Crippen LogP contribution is -2.34. The van der Waals surface area contributed by atoms with Crippen molar-refractivity contribution in [3.8, 4) is 11.1 Å². The number of pyridine rings is 1. The number of fused-ring (bicyclic) bond motifs is 1. The first-order valence-corrected chi connectivity index (χ1v) is 15.7. The molecule has 40 heavy (non-hydrogen) atoms. The van der Waals surface area contributed by atoms with Crippen molar-refractivity contribution in [2.75, 3.05) is 17.8 Å². The predicted octanol–water partition coefficient (Wildman–Crippen LogP) is 9.44. The molecule has 2 heterocycles. The minimum absolute atomic E-state index is 0.223. The van der Waals surface area contributed by atoms with Gasteiger partial charge in [-0.15, -0.1) is 23.5 Å². The first kappa shape index (κ1) is 28.1. The number of furan rings is 1. The zero-order chi connectivity index (χ0) is 28.2. The molecule has 0 saturated heterocycles. The molecule has 204 valence electrons. The van der Waals surface area contributed by atoms with Gasteiger partial charge in [0, 0.05) is 33.1 Å². The Kier molecular flexibility index (Phi) is 8.74. The van der Waals surface area contributed by atoms with E-state index in [-0.39, 0.29) is 12.6 Å². The number of carbonyl (C=O) groups is 1. The van der Waals surface area contributed by atoms with E-state index in [1.54, 1.807) is 16.7 Å². The minimum atomic E-state index is -0.223. The summed E-state index contributed by atoms with van der Waals surface area (Å²) in [6, 6.07) is 25.7. The zero-order valence-corrected chi connectivity index (χ0v) is 25.2. The quantitative estimate of drug-likeness (QED) is 0.183.